The van der Waals surface area contributed by atoms with E-state index in [2.05, 4.69) is 5.32 Å². The van der Waals surface area contributed by atoms with Crippen LogP contribution in [0, 0.1) is 13.8 Å². The molecule has 5 nitrogen and oxygen atoms in total. The Morgan fingerprint density at radius 1 is 1.04 bits per heavy atom. The lowest BCUT2D eigenvalue weighted by Crippen LogP contribution is -2.37. The van der Waals surface area contributed by atoms with Gasteiger partial charge in [-0.25, -0.2) is 8.42 Å². The molecule has 0 saturated heterocycles. The molecule has 0 fully saturated rings. The van der Waals surface area contributed by atoms with Crippen LogP contribution in [-0.4, -0.2) is 25.2 Å². The van der Waals surface area contributed by atoms with Gasteiger partial charge in [-0.2, -0.15) is 4.31 Å². The van der Waals surface area contributed by atoms with E-state index in [9.17, 15) is 13.2 Å². The molecule has 28 heavy (non-hydrogen) atoms. The van der Waals surface area contributed by atoms with Gasteiger partial charge in [0.1, 0.15) is 4.21 Å². The highest BCUT2D eigenvalue weighted by molar-refractivity contribution is 7.91. The molecule has 0 unspecified atom stereocenters. The topological polar surface area (TPSA) is 66.5 Å². The van der Waals surface area contributed by atoms with Crippen molar-refractivity contribution in [1.82, 2.24) is 4.31 Å². The molecular weight excluding hydrogens is 392 g/mol. The lowest BCUT2D eigenvalue weighted by molar-refractivity contribution is -0.116. The molecule has 0 bridgehead atoms. The molecule has 0 spiro atoms. The van der Waals surface area contributed by atoms with Crippen LogP contribution >= 0.6 is 11.3 Å². The number of hydrogen-bond donors (Lipinski definition) is 1. The third kappa shape index (κ3) is 4.86. The second-order valence-electron chi connectivity index (χ2n) is 6.56. The number of rotatable bonds is 7. The number of anilines is 1. The van der Waals surface area contributed by atoms with E-state index in [0.717, 1.165) is 28.0 Å². The number of hydrogen-bond acceptors (Lipinski definition) is 4. The zero-order valence-corrected chi connectivity index (χ0v) is 17.4. The Morgan fingerprint density at radius 2 is 1.79 bits per heavy atom. The van der Waals surface area contributed by atoms with E-state index in [-0.39, 0.29) is 23.2 Å². The fraction of sp³-hybridized carbons (Fsp3) is 0.190. The summed E-state index contributed by atoms with van der Waals surface area (Å²) in [4.78, 5) is 12.7. The average molecular weight is 415 g/mol. The van der Waals surface area contributed by atoms with Gasteiger partial charge >= 0.3 is 0 Å². The second-order valence-corrected chi connectivity index (χ2v) is 9.67. The number of benzene rings is 2. The van der Waals surface area contributed by atoms with Crippen LogP contribution in [0.3, 0.4) is 0 Å². The van der Waals surface area contributed by atoms with Crippen molar-refractivity contribution in [1.29, 1.82) is 0 Å². The molecule has 0 aliphatic heterocycles. The van der Waals surface area contributed by atoms with Crippen LogP contribution in [0.2, 0.25) is 0 Å². The first-order valence-electron chi connectivity index (χ1n) is 8.81. The number of sulfonamides is 1. The van der Waals surface area contributed by atoms with Gasteiger partial charge in [-0.1, -0.05) is 54.1 Å². The van der Waals surface area contributed by atoms with Crippen molar-refractivity contribution >= 4 is 33.0 Å². The van der Waals surface area contributed by atoms with Gasteiger partial charge in [-0.15, -0.1) is 11.3 Å². The Morgan fingerprint density at radius 3 is 2.43 bits per heavy atom. The fourth-order valence-corrected chi connectivity index (χ4v) is 5.38. The van der Waals surface area contributed by atoms with Crippen molar-refractivity contribution < 1.29 is 13.2 Å². The number of aryl methyl sites for hydroxylation is 2. The van der Waals surface area contributed by atoms with Gasteiger partial charge in [0.25, 0.3) is 10.0 Å². The number of amides is 1. The number of thiophene rings is 1. The normalized spacial score (nSPS) is 11.5. The maximum Gasteiger partial charge on any atom is 0.253 e. The molecule has 1 amide bonds. The largest absolute Gasteiger partial charge is 0.325 e. The zero-order valence-electron chi connectivity index (χ0n) is 15.8. The molecular formula is C21H22N2O3S2. The van der Waals surface area contributed by atoms with Crippen LogP contribution in [0.5, 0.6) is 0 Å². The first kappa shape index (κ1) is 20.3. The summed E-state index contributed by atoms with van der Waals surface area (Å²) in [6, 6.07) is 18.2. The van der Waals surface area contributed by atoms with Crippen LogP contribution in [0.4, 0.5) is 5.69 Å². The quantitative estimate of drug-likeness (QED) is 0.630. The Labute approximate surface area is 169 Å². The first-order chi connectivity index (χ1) is 13.4. The van der Waals surface area contributed by atoms with Crippen LogP contribution < -0.4 is 5.32 Å². The van der Waals surface area contributed by atoms with Crippen molar-refractivity contribution in [2.75, 3.05) is 11.9 Å². The highest BCUT2D eigenvalue weighted by atomic mass is 32.2. The molecule has 3 aromatic rings. The molecule has 146 valence electrons. The Balaban J connectivity index is 1.83. The fourth-order valence-electron chi connectivity index (χ4n) is 2.85. The number of nitrogens with zero attached hydrogens (tertiary/aromatic N) is 1. The predicted octanol–water partition coefficient (Wildman–Crippen LogP) is 4.19. The Bertz CT molecular complexity index is 1050. The minimum atomic E-state index is -3.77. The van der Waals surface area contributed by atoms with Gasteiger partial charge in [0.15, 0.2) is 0 Å². The number of carbonyl (C=O) groups excluding carboxylic acids is 1. The molecule has 3 rings (SSSR count). The summed E-state index contributed by atoms with van der Waals surface area (Å²) in [5, 5.41) is 4.54. The Kier molecular flexibility index (Phi) is 6.28. The summed E-state index contributed by atoms with van der Waals surface area (Å²) in [5.41, 5.74) is 3.54. The van der Waals surface area contributed by atoms with Crippen molar-refractivity contribution in [3.05, 3.63) is 82.7 Å². The lowest BCUT2D eigenvalue weighted by Gasteiger charge is -2.21. The van der Waals surface area contributed by atoms with Crippen LogP contribution in [-0.2, 0) is 21.4 Å². The average Bonchev–Trinajstić information content (AvgIpc) is 3.20. The van der Waals surface area contributed by atoms with Gasteiger partial charge < -0.3 is 5.32 Å². The monoisotopic (exact) mass is 414 g/mol. The first-order valence-corrected chi connectivity index (χ1v) is 11.1. The van der Waals surface area contributed by atoms with Crippen molar-refractivity contribution in [3.63, 3.8) is 0 Å². The van der Waals surface area contributed by atoms with E-state index >= 15 is 0 Å². The van der Waals surface area contributed by atoms with Gasteiger partial charge in [-0.05, 0) is 42.5 Å². The number of nitrogens with one attached hydrogen (secondary N) is 1. The summed E-state index contributed by atoms with van der Waals surface area (Å²) in [6.07, 6.45) is 0. The molecule has 2 aromatic carbocycles. The molecule has 7 heteroatoms. The predicted molar refractivity (Wildman–Crippen MR) is 113 cm³/mol. The summed E-state index contributed by atoms with van der Waals surface area (Å²) >= 11 is 1.14. The zero-order chi connectivity index (χ0) is 20.1. The summed E-state index contributed by atoms with van der Waals surface area (Å²) < 4.78 is 27.5. The Hall–Kier alpha value is -2.48. The van der Waals surface area contributed by atoms with E-state index in [0.29, 0.717) is 5.69 Å². The summed E-state index contributed by atoms with van der Waals surface area (Å²) in [6.45, 7) is 3.75. The molecule has 1 aromatic heterocycles. The maximum atomic E-state index is 13.1. The summed E-state index contributed by atoms with van der Waals surface area (Å²) in [7, 11) is -3.77. The second kappa shape index (κ2) is 8.68. The van der Waals surface area contributed by atoms with Crippen LogP contribution in [0.15, 0.2) is 70.3 Å². The van der Waals surface area contributed by atoms with Crippen LogP contribution in [0.1, 0.15) is 16.7 Å². The van der Waals surface area contributed by atoms with E-state index < -0.39 is 10.0 Å². The van der Waals surface area contributed by atoms with E-state index in [1.54, 1.807) is 17.5 Å². The highest BCUT2D eigenvalue weighted by Gasteiger charge is 2.27. The van der Waals surface area contributed by atoms with Gasteiger partial charge in [0, 0.05) is 12.2 Å². The molecule has 0 radical (unpaired) electrons. The van der Waals surface area contributed by atoms with Gasteiger partial charge in [0.05, 0.1) is 6.54 Å². The van der Waals surface area contributed by atoms with Crippen molar-refractivity contribution in [2.24, 2.45) is 0 Å². The third-order valence-corrected chi connectivity index (χ3v) is 7.43. The van der Waals surface area contributed by atoms with Crippen molar-refractivity contribution in [3.8, 4) is 0 Å². The molecule has 0 atom stereocenters. The van der Waals surface area contributed by atoms with E-state index in [1.807, 2.05) is 62.4 Å². The van der Waals surface area contributed by atoms with Gasteiger partial charge in [0.2, 0.25) is 5.91 Å². The van der Waals surface area contributed by atoms with Gasteiger partial charge in [-0.3, -0.25) is 4.79 Å². The molecule has 1 heterocycles. The standard InChI is InChI=1S/C21H22N2O3S2/c1-16-10-11-19(17(2)13-16)22-20(24)15-23(14-18-7-4-3-5-8-18)28(25,26)21-9-6-12-27-21/h3-13H,14-15H2,1-2H3,(H,22,24). The molecule has 0 aliphatic rings. The lowest BCUT2D eigenvalue weighted by atomic mass is 10.1. The van der Waals surface area contributed by atoms with E-state index in [1.165, 1.54) is 4.31 Å². The number of carbonyl (C=O) groups is 1. The van der Waals surface area contributed by atoms with Crippen molar-refractivity contribution in [2.45, 2.75) is 24.6 Å². The minimum absolute atomic E-state index is 0.126. The third-order valence-electron chi connectivity index (χ3n) is 4.27. The molecule has 1 N–H and O–H groups in total. The van der Waals surface area contributed by atoms with Crippen LogP contribution in [0.25, 0.3) is 0 Å². The smallest absolute Gasteiger partial charge is 0.253 e. The highest BCUT2D eigenvalue weighted by Crippen LogP contribution is 2.23. The SMILES string of the molecule is Cc1ccc(NC(=O)CN(Cc2ccccc2)S(=O)(=O)c2cccs2)c(C)c1. The van der Waals surface area contributed by atoms with E-state index in [4.69, 9.17) is 0 Å². The molecule has 0 saturated carbocycles. The summed E-state index contributed by atoms with van der Waals surface area (Å²) in [5.74, 6) is -0.372. The minimum Gasteiger partial charge on any atom is -0.325 e. The maximum absolute atomic E-state index is 13.1. The molecule has 0 aliphatic carbocycles.